The molecule has 1 N–H and O–H groups in total. The lowest BCUT2D eigenvalue weighted by Gasteiger charge is -1.97. The lowest BCUT2D eigenvalue weighted by atomic mass is 10.1. The second-order valence-corrected chi connectivity index (χ2v) is 5.99. The molecular weight excluding hydrogens is 374 g/mol. The monoisotopic (exact) mass is 419 g/mol. The van der Waals surface area contributed by atoms with E-state index in [0.717, 1.165) is 5.57 Å². The van der Waals surface area contributed by atoms with E-state index in [1.807, 2.05) is 45.9 Å². The van der Waals surface area contributed by atoms with Gasteiger partial charge in [0.05, 0.1) is 6.61 Å². The van der Waals surface area contributed by atoms with E-state index >= 15 is 0 Å². The van der Waals surface area contributed by atoms with E-state index in [0.29, 0.717) is 24.3 Å². The van der Waals surface area contributed by atoms with Crippen LogP contribution in [0.25, 0.3) is 5.57 Å². The molecule has 0 saturated carbocycles. The zero-order valence-electron chi connectivity index (χ0n) is 20.9. The lowest BCUT2D eigenvalue weighted by molar-refractivity contribution is -0.138. The second kappa shape index (κ2) is 26.4. The zero-order valence-corrected chi connectivity index (χ0v) is 20.9. The van der Waals surface area contributed by atoms with Crippen LogP contribution in [0.15, 0.2) is 61.2 Å². The van der Waals surface area contributed by atoms with Crippen LogP contribution in [0.4, 0.5) is 0 Å². The van der Waals surface area contributed by atoms with Crippen molar-refractivity contribution in [3.05, 3.63) is 66.8 Å². The van der Waals surface area contributed by atoms with Crippen LogP contribution >= 0.6 is 0 Å². The van der Waals surface area contributed by atoms with Crippen LogP contribution in [0.2, 0.25) is 0 Å². The molecule has 1 aromatic rings. The maximum absolute atomic E-state index is 10.5. The molecule has 0 fully saturated rings. The smallest absolute Gasteiger partial charge is 0.333 e. The fraction of sp³-hybridized carbons (Fsp3) is 0.462. The van der Waals surface area contributed by atoms with Crippen LogP contribution in [0.1, 0.15) is 74.3 Å². The molecule has 0 aliphatic rings. The minimum Gasteiger partial charge on any atom is -0.463 e. The van der Waals surface area contributed by atoms with E-state index in [2.05, 4.69) is 55.8 Å². The standard InChI is InChI=1S/C9H10.C6H11NO.C6H10O2.C3H8.C2H6/c1-8(2)9-6-4-3-5-7-9;1-4-7-6(8)5(2)3;1-4-8-6(7)5(2)3;1-3-2;1-2/h3-7H,1H2,2H3;2,4H2,1,3H3,(H,7,8);2,4H2,1,3H3;3H2,1-2H3;1-2H3. The van der Waals surface area contributed by atoms with Crippen LogP contribution in [-0.2, 0) is 14.3 Å². The number of hydrogen-bond donors (Lipinski definition) is 1. The average Bonchev–Trinajstić information content (AvgIpc) is 2.72. The van der Waals surface area contributed by atoms with Gasteiger partial charge in [-0.25, -0.2) is 4.79 Å². The average molecular weight is 420 g/mol. The highest BCUT2D eigenvalue weighted by Crippen LogP contribution is 2.08. The maximum atomic E-state index is 10.5. The van der Waals surface area contributed by atoms with Crippen molar-refractivity contribution < 1.29 is 14.3 Å². The molecule has 1 amide bonds. The molecule has 172 valence electrons. The van der Waals surface area contributed by atoms with Crippen LogP contribution < -0.4 is 5.32 Å². The quantitative estimate of drug-likeness (QED) is 0.413. The molecule has 4 nitrogen and oxygen atoms in total. The van der Waals surface area contributed by atoms with Gasteiger partial charge in [0, 0.05) is 17.7 Å². The number of ether oxygens (including phenoxy) is 1. The molecule has 0 atom stereocenters. The largest absolute Gasteiger partial charge is 0.463 e. The fourth-order valence-corrected chi connectivity index (χ4v) is 1.29. The Labute approximate surface area is 186 Å². The molecule has 1 rings (SSSR count). The molecule has 0 saturated heterocycles. The minimum atomic E-state index is -0.312. The van der Waals surface area contributed by atoms with E-state index in [9.17, 15) is 9.59 Å². The number of nitrogens with one attached hydrogen (secondary N) is 1. The SMILES string of the molecule is C=C(C)C(=O)NCC.C=C(C)C(=O)OCC.C=C(C)c1ccccc1.CC.CCC. The lowest BCUT2D eigenvalue weighted by Crippen LogP contribution is -2.22. The van der Waals surface area contributed by atoms with Gasteiger partial charge in [-0.2, -0.15) is 0 Å². The normalized spacial score (nSPS) is 7.90. The first-order chi connectivity index (χ1) is 14.1. The van der Waals surface area contributed by atoms with Gasteiger partial charge >= 0.3 is 5.97 Å². The Balaban J connectivity index is -0.000000153. The van der Waals surface area contributed by atoms with Crippen molar-refractivity contribution in [3.8, 4) is 0 Å². The van der Waals surface area contributed by atoms with E-state index in [1.54, 1.807) is 20.8 Å². The number of benzene rings is 1. The number of esters is 1. The summed E-state index contributed by atoms with van der Waals surface area (Å²) in [5.74, 6) is -0.375. The molecular formula is C26H45NO3. The summed E-state index contributed by atoms with van der Waals surface area (Å²) in [7, 11) is 0. The number of rotatable bonds is 5. The number of likely N-dealkylation sites (N-methyl/N-ethyl adjacent to an activating group) is 1. The molecule has 30 heavy (non-hydrogen) atoms. The van der Waals surface area contributed by atoms with Crippen molar-refractivity contribution in [2.45, 2.75) is 68.7 Å². The third-order valence-electron chi connectivity index (χ3n) is 2.62. The van der Waals surface area contributed by atoms with Crippen molar-refractivity contribution in [3.63, 3.8) is 0 Å². The number of amides is 1. The molecule has 0 unspecified atom stereocenters. The first kappa shape index (κ1) is 34.9. The van der Waals surface area contributed by atoms with Gasteiger partial charge in [-0.05, 0) is 40.2 Å². The maximum Gasteiger partial charge on any atom is 0.333 e. The highest BCUT2D eigenvalue weighted by Gasteiger charge is 1.98. The van der Waals surface area contributed by atoms with E-state index < -0.39 is 0 Å². The van der Waals surface area contributed by atoms with Crippen molar-refractivity contribution in [1.29, 1.82) is 0 Å². The Bertz CT molecular complexity index is 562. The van der Waals surface area contributed by atoms with E-state index in [4.69, 9.17) is 0 Å². The molecule has 0 bridgehead atoms. The minimum absolute atomic E-state index is 0.0625. The molecule has 0 aliphatic carbocycles. The van der Waals surface area contributed by atoms with Crippen LogP contribution in [0.5, 0.6) is 0 Å². The second-order valence-electron chi connectivity index (χ2n) is 5.99. The highest BCUT2D eigenvalue weighted by atomic mass is 16.5. The summed E-state index contributed by atoms with van der Waals surface area (Å²) in [6.45, 7) is 29.0. The molecule has 1 aromatic carbocycles. The van der Waals surface area contributed by atoms with Crippen molar-refractivity contribution in [1.82, 2.24) is 5.32 Å². The third kappa shape index (κ3) is 27.6. The topological polar surface area (TPSA) is 55.4 Å². The summed E-state index contributed by atoms with van der Waals surface area (Å²) in [5, 5.41) is 2.61. The Morgan fingerprint density at radius 3 is 1.47 bits per heavy atom. The summed E-state index contributed by atoms with van der Waals surface area (Å²) in [6, 6.07) is 10.2. The first-order valence-corrected chi connectivity index (χ1v) is 10.6. The number of carbonyl (C=O) groups is 2. The number of carbonyl (C=O) groups excluding carboxylic acids is 2. The van der Waals surface area contributed by atoms with E-state index in [1.165, 1.54) is 12.0 Å². The van der Waals surface area contributed by atoms with Crippen molar-refractivity contribution in [2.24, 2.45) is 0 Å². The fourth-order valence-electron chi connectivity index (χ4n) is 1.29. The highest BCUT2D eigenvalue weighted by molar-refractivity contribution is 5.91. The summed E-state index contributed by atoms with van der Waals surface area (Å²) >= 11 is 0. The molecule has 0 spiro atoms. The Kier molecular flexibility index (Phi) is 30.7. The van der Waals surface area contributed by atoms with Gasteiger partial charge in [0.2, 0.25) is 5.91 Å². The first-order valence-electron chi connectivity index (χ1n) is 10.6. The van der Waals surface area contributed by atoms with Crippen molar-refractivity contribution >= 4 is 17.4 Å². The Hall–Kier alpha value is -2.62. The van der Waals surface area contributed by atoms with Gasteiger partial charge in [0.1, 0.15) is 0 Å². The van der Waals surface area contributed by atoms with Crippen LogP contribution in [0, 0.1) is 0 Å². The Morgan fingerprint density at radius 1 is 0.867 bits per heavy atom. The van der Waals surface area contributed by atoms with Gasteiger partial charge in [0.25, 0.3) is 0 Å². The predicted molar refractivity (Wildman–Crippen MR) is 133 cm³/mol. The molecule has 0 radical (unpaired) electrons. The van der Waals surface area contributed by atoms with Crippen molar-refractivity contribution in [2.75, 3.05) is 13.2 Å². The molecule has 0 aromatic heterocycles. The number of allylic oxidation sites excluding steroid dienone is 1. The van der Waals surface area contributed by atoms with Gasteiger partial charge in [0.15, 0.2) is 0 Å². The predicted octanol–water partition coefficient (Wildman–Crippen LogP) is 6.99. The van der Waals surface area contributed by atoms with Crippen LogP contribution in [0.3, 0.4) is 0 Å². The summed E-state index contributed by atoms with van der Waals surface area (Å²) in [6.07, 6.45) is 1.25. The number of hydrogen-bond acceptors (Lipinski definition) is 3. The summed E-state index contributed by atoms with van der Waals surface area (Å²) in [4.78, 5) is 21.0. The summed E-state index contributed by atoms with van der Waals surface area (Å²) < 4.78 is 4.56. The molecule has 0 aliphatic heterocycles. The molecule has 0 heterocycles. The van der Waals surface area contributed by atoms with E-state index in [-0.39, 0.29) is 11.9 Å². The van der Waals surface area contributed by atoms with Gasteiger partial charge in [-0.3, -0.25) is 4.79 Å². The molecule has 4 heteroatoms. The van der Waals surface area contributed by atoms with Gasteiger partial charge in [-0.1, -0.05) is 89.8 Å². The Morgan fingerprint density at radius 2 is 1.30 bits per heavy atom. The van der Waals surface area contributed by atoms with Gasteiger partial charge in [-0.15, -0.1) is 0 Å². The third-order valence-corrected chi connectivity index (χ3v) is 2.62. The zero-order chi connectivity index (χ0) is 24.5. The summed E-state index contributed by atoms with van der Waals surface area (Å²) in [5.41, 5.74) is 3.35. The van der Waals surface area contributed by atoms with Gasteiger partial charge < -0.3 is 10.1 Å². The van der Waals surface area contributed by atoms with Crippen LogP contribution in [-0.4, -0.2) is 25.0 Å².